The number of carbonyl (C=O) groups excluding carboxylic acids is 1. The summed E-state index contributed by atoms with van der Waals surface area (Å²) < 4.78 is 6.55. The first kappa shape index (κ1) is 19.5. The molecule has 1 aliphatic heterocycles. The van der Waals surface area contributed by atoms with Crippen molar-refractivity contribution in [3.8, 4) is 11.5 Å². The van der Waals surface area contributed by atoms with Crippen LogP contribution in [0.15, 0.2) is 41.3 Å². The van der Waals surface area contributed by atoms with E-state index in [1.165, 1.54) is 16.7 Å². The van der Waals surface area contributed by atoms with Gasteiger partial charge in [0, 0.05) is 5.02 Å². The number of amides is 1. The van der Waals surface area contributed by atoms with Crippen LogP contribution in [0.25, 0.3) is 6.08 Å². The van der Waals surface area contributed by atoms with E-state index < -0.39 is 0 Å². The number of benzene rings is 2. The van der Waals surface area contributed by atoms with Gasteiger partial charge in [-0.3, -0.25) is 9.69 Å². The normalized spacial score (nSPS) is 15.8. The van der Waals surface area contributed by atoms with Gasteiger partial charge in [-0.15, -0.1) is 0 Å². The predicted molar refractivity (Wildman–Crippen MR) is 119 cm³/mol. The van der Waals surface area contributed by atoms with Gasteiger partial charge in [-0.2, -0.15) is 0 Å². The van der Waals surface area contributed by atoms with E-state index in [9.17, 15) is 9.90 Å². The quantitative estimate of drug-likeness (QED) is 0.332. The topological polar surface area (TPSA) is 49.8 Å². The maximum Gasteiger partial charge on any atom is 0.270 e. The molecule has 0 unspecified atom stereocenters. The van der Waals surface area contributed by atoms with Gasteiger partial charge in [0.15, 0.2) is 15.8 Å². The maximum atomic E-state index is 12.8. The number of carbonyl (C=O) groups is 1. The average Bonchev–Trinajstić information content (AvgIpc) is 2.87. The van der Waals surface area contributed by atoms with E-state index in [0.717, 1.165) is 5.56 Å². The van der Waals surface area contributed by atoms with Crippen LogP contribution in [-0.4, -0.2) is 21.9 Å². The van der Waals surface area contributed by atoms with E-state index in [1.54, 1.807) is 42.5 Å². The minimum Gasteiger partial charge on any atom is -0.504 e. The van der Waals surface area contributed by atoms with Crippen LogP contribution in [-0.2, 0) is 4.79 Å². The minimum absolute atomic E-state index is 0.0957. The van der Waals surface area contributed by atoms with Crippen molar-refractivity contribution >= 4 is 80.2 Å². The number of anilines is 1. The molecule has 0 saturated carbocycles. The molecule has 3 rings (SSSR count). The molecular formula is C18H13ClINO3S2. The van der Waals surface area contributed by atoms with Gasteiger partial charge < -0.3 is 9.84 Å². The molecular weight excluding hydrogens is 505 g/mol. The van der Waals surface area contributed by atoms with Crippen molar-refractivity contribution in [1.82, 2.24) is 0 Å². The van der Waals surface area contributed by atoms with Crippen LogP contribution in [0.3, 0.4) is 0 Å². The number of hydrogen-bond donors (Lipinski definition) is 1. The SMILES string of the molecule is CCOc1cc(/C=C2\SC(=S)N(c3ccc(Cl)cc3)C2=O)cc(I)c1O. The second-order valence-electron chi connectivity index (χ2n) is 5.28. The number of thiocarbonyl (C=S) groups is 1. The van der Waals surface area contributed by atoms with Crippen LogP contribution in [0.4, 0.5) is 5.69 Å². The number of rotatable bonds is 4. The Morgan fingerprint density at radius 2 is 2.04 bits per heavy atom. The highest BCUT2D eigenvalue weighted by atomic mass is 127. The van der Waals surface area contributed by atoms with Gasteiger partial charge in [0.1, 0.15) is 0 Å². The van der Waals surface area contributed by atoms with Gasteiger partial charge in [-0.25, -0.2) is 0 Å². The first-order chi connectivity index (χ1) is 12.4. The highest BCUT2D eigenvalue weighted by Crippen LogP contribution is 2.38. The fourth-order valence-corrected chi connectivity index (χ4v) is 4.42. The molecule has 1 N–H and O–H groups in total. The third-order valence-electron chi connectivity index (χ3n) is 3.53. The molecule has 0 bridgehead atoms. The van der Waals surface area contributed by atoms with Crippen LogP contribution < -0.4 is 9.64 Å². The van der Waals surface area contributed by atoms with Crippen molar-refractivity contribution in [2.24, 2.45) is 0 Å². The van der Waals surface area contributed by atoms with E-state index in [0.29, 0.717) is 35.9 Å². The first-order valence-electron chi connectivity index (χ1n) is 7.59. The minimum atomic E-state index is -0.191. The van der Waals surface area contributed by atoms with Crippen molar-refractivity contribution in [3.63, 3.8) is 0 Å². The lowest BCUT2D eigenvalue weighted by Crippen LogP contribution is -2.27. The highest BCUT2D eigenvalue weighted by molar-refractivity contribution is 14.1. The van der Waals surface area contributed by atoms with Crippen molar-refractivity contribution in [3.05, 3.63) is 55.5 Å². The summed E-state index contributed by atoms with van der Waals surface area (Å²) in [4.78, 5) is 14.8. The van der Waals surface area contributed by atoms with Crippen LogP contribution in [0.1, 0.15) is 12.5 Å². The van der Waals surface area contributed by atoms with Crippen LogP contribution in [0.5, 0.6) is 11.5 Å². The zero-order valence-corrected chi connectivity index (χ0v) is 18.1. The Morgan fingerprint density at radius 3 is 2.69 bits per heavy atom. The number of thioether (sulfide) groups is 1. The molecule has 1 amide bonds. The molecule has 0 radical (unpaired) electrons. The lowest BCUT2D eigenvalue weighted by molar-refractivity contribution is -0.113. The van der Waals surface area contributed by atoms with Crippen molar-refractivity contribution in [2.75, 3.05) is 11.5 Å². The average molecular weight is 518 g/mol. The molecule has 1 aliphatic rings. The van der Waals surface area contributed by atoms with Gasteiger partial charge in [0.25, 0.3) is 5.91 Å². The van der Waals surface area contributed by atoms with Gasteiger partial charge in [-0.1, -0.05) is 35.6 Å². The highest BCUT2D eigenvalue weighted by Gasteiger charge is 2.33. The standard InChI is InChI=1S/C18H13ClINO3S2/c1-2-24-14-8-10(7-13(20)16(14)22)9-15-17(23)21(18(25)26-15)12-5-3-11(19)4-6-12/h3-9,22H,2H2,1H3/b15-9-. The molecule has 2 aromatic carbocycles. The Kier molecular flexibility index (Phi) is 6.11. The molecule has 0 atom stereocenters. The fraction of sp³-hybridized carbons (Fsp3) is 0.111. The molecule has 134 valence electrons. The monoisotopic (exact) mass is 517 g/mol. The number of aromatic hydroxyl groups is 1. The summed E-state index contributed by atoms with van der Waals surface area (Å²) in [5.74, 6) is 0.292. The summed E-state index contributed by atoms with van der Waals surface area (Å²) in [7, 11) is 0. The molecule has 8 heteroatoms. The molecule has 26 heavy (non-hydrogen) atoms. The Labute approximate surface area is 179 Å². The number of ether oxygens (including phenoxy) is 1. The van der Waals surface area contributed by atoms with E-state index in [1.807, 2.05) is 29.5 Å². The van der Waals surface area contributed by atoms with Crippen molar-refractivity contribution in [2.45, 2.75) is 6.92 Å². The van der Waals surface area contributed by atoms with Gasteiger partial charge in [-0.05, 0) is 77.6 Å². The van der Waals surface area contributed by atoms with E-state index >= 15 is 0 Å². The number of hydrogen-bond acceptors (Lipinski definition) is 5. The van der Waals surface area contributed by atoms with Crippen LogP contribution in [0, 0.1) is 3.57 Å². The second-order valence-corrected chi connectivity index (χ2v) is 8.55. The summed E-state index contributed by atoms with van der Waals surface area (Å²) in [5.41, 5.74) is 1.43. The third-order valence-corrected chi connectivity index (χ3v) is 5.90. The Hall–Kier alpha value is -1.29. The molecule has 2 aromatic rings. The molecule has 0 aliphatic carbocycles. The molecule has 1 fully saturated rings. The summed E-state index contributed by atoms with van der Waals surface area (Å²) in [6.45, 7) is 2.28. The summed E-state index contributed by atoms with van der Waals surface area (Å²) in [6.07, 6.45) is 1.75. The Morgan fingerprint density at radius 1 is 1.35 bits per heavy atom. The van der Waals surface area contributed by atoms with Crippen molar-refractivity contribution < 1.29 is 14.6 Å². The molecule has 4 nitrogen and oxygen atoms in total. The first-order valence-corrected chi connectivity index (χ1v) is 10.3. The smallest absolute Gasteiger partial charge is 0.270 e. The van der Waals surface area contributed by atoms with E-state index in [4.69, 9.17) is 28.6 Å². The predicted octanol–water partition coefficient (Wildman–Crippen LogP) is 5.45. The fourth-order valence-electron chi connectivity index (χ4n) is 2.37. The zero-order valence-electron chi connectivity index (χ0n) is 13.5. The Bertz CT molecular complexity index is 915. The van der Waals surface area contributed by atoms with E-state index in [2.05, 4.69) is 0 Å². The van der Waals surface area contributed by atoms with Gasteiger partial charge >= 0.3 is 0 Å². The number of phenols is 1. The summed E-state index contributed by atoms with van der Waals surface area (Å²) in [5, 5.41) is 10.7. The number of phenolic OH excluding ortho intramolecular Hbond substituents is 1. The number of nitrogens with zero attached hydrogens (tertiary/aromatic N) is 1. The van der Waals surface area contributed by atoms with Gasteiger partial charge in [0.2, 0.25) is 0 Å². The maximum absolute atomic E-state index is 12.8. The van der Waals surface area contributed by atoms with Crippen LogP contribution in [0.2, 0.25) is 5.02 Å². The summed E-state index contributed by atoms with van der Waals surface area (Å²) >= 11 is 14.5. The van der Waals surface area contributed by atoms with Crippen LogP contribution >= 0.6 is 58.2 Å². The lowest BCUT2D eigenvalue weighted by Gasteiger charge is -2.14. The van der Waals surface area contributed by atoms with Crippen molar-refractivity contribution in [1.29, 1.82) is 0 Å². The second kappa shape index (κ2) is 8.16. The zero-order chi connectivity index (χ0) is 18.8. The third kappa shape index (κ3) is 4.00. The number of halogens is 2. The van der Waals surface area contributed by atoms with Gasteiger partial charge in [0.05, 0.1) is 20.8 Å². The lowest BCUT2D eigenvalue weighted by atomic mass is 10.2. The molecule has 1 saturated heterocycles. The molecule has 0 aromatic heterocycles. The largest absolute Gasteiger partial charge is 0.504 e. The van der Waals surface area contributed by atoms with E-state index in [-0.39, 0.29) is 11.7 Å². The Balaban J connectivity index is 1.94. The molecule has 1 heterocycles. The molecule has 0 spiro atoms. The summed E-state index contributed by atoms with van der Waals surface area (Å²) in [6, 6.07) is 10.4.